The van der Waals surface area contributed by atoms with Gasteiger partial charge in [-0.3, -0.25) is 0 Å². The SMILES string of the molecule is CN(C)S(=O)(=O)c1ccccc1CNc1ccc(S(=O)(=O)N2CCCCC2)cn1. The van der Waals surface area contributed by atoms with Crippen LogP contribution in [-0.4, -0.2) is 57.6 Å². The van der Waals surface area contributed by atoms with Gasteiger partial charge in [-0.2, -0.15) is 4.31 Å². The van der Waals surface area contributed by atoms with E-state index in [0.29, 0.717) is 24.5 Å². The van der Waals surface area contributed by atoms with E-state index in [-0.39, 0.29) is 16.3 Å². The van der Waals surface area contributed by atoms with Crippen molar-refractivity contribution in [1.82, 2.24) is 13.6 Å². The number of nitrogens with one attached hydrogen (secondary N) is 1. The van der Waals surface area contributed by atoms with Gasteiger partial charge in [0.1, 0.15) is 10.7 Å². The van der Waals surface area contributed by atoms with Crippen LogP contribution in [-0.2, 0) is 26.6 Å². The van der Waals surface area contributed by atoms with Crippen molar-refractivity contribution in [3.05, 3.63) is 48.2 Å². The smallest absolute Gasteiger partial charge is 0.244 e. The van der Waals surface area contributed by atoms with E-state index in [1.54, 1.807) is 30.3 Å². The number of anilines is 1. The summed E-state index contributed by atoms with van der Waals surface area (Å²) in [7, 11) is -4.11. The Bertz CT molecular complexity index is 1050. The first-order chi connectivity index (χ1) is 13.7. The Kier molecular flexibility index (Phi) is 6.57. The van der Waals surface area contributed by atoms with Crippen LogP contribution in [0.25, 0.3) is 0 Å². The first kappa shape index (κ1) is 21.7. The van der Waals surface area contributed by atoms with E-state index < -0.39 is 20.0 Å². The summed E-state index contributed by atoms with van der Waals surface area (Å²) >= 11 is 0. The lowest BCUT2D eigenvalue weighted by molar-refractivity contribution is 0.346. The van der Waals surface area contributed by atoms with Crippen molar-refractivity contribution in [2.45, 2.75) is 35.6 Å². The van der Waals surface area contributed by atoms with Gasteiger partial charge in [-0.25, -0.2) is 26.1 Å². The highest BCUT2D eigenvalue weighted by molar-refractivity contribution is 7.89. The first-order valence-electron chi connectivity index (χ1n) is 9.43. The van der Waals surface area contributed by atoms with Gasteiger partial charge in [-0.1, -0.05) is 24.6 Å². The summed E-state index contributed by atoms with van der Waals surface area (Å²) in [5.74, 6) is 0.472. The van der Waals surface area contributed by atoms with Gasteiger partial charge in [-0.05, 0) is 36.6 Å². The number of pyridine rings is 1. The van der Waals surface area contributed by atoms with E-state index in [0.717, 1.165) is 19.3 Å². The zero-order chi connectivity index (χ0) is 21.1. The monoisotopic (exact) mass is 438 g/mol. The molecule has 1 aliphatic heterocycles. The molecule has 1 aromatic carbocycles. The summed E-state index contributed by atoms with van der Waals surface area (Å²) in [4.78, 5) is 4.60. The molecule has 1 aromatic heterocycles. The number of rotatable bonds is 7. The lowest BCUT2D eigenvalue weighted by Gasteiger charge is -2.25. The van der Waals surface area contributed by atoms with Crippen LogP contribution in [0, 0.1) is 0 Å². The van der Waals surface area contributed by atoms with E-state index >= 15 is 0 Å². The molecule has 0 unspecified atom stereocenters. The van der Waals surface area contributed by atoms with E-state index in [4.69, 9.17) is 0 Å². The predicted octanol–water partition coefficient (Wildman–Crippen LogP) is 2.12. The maximum absolute atomic E-state index is 12.7. The Morgan fingerprint density at radius 1 is 1.00 bits per heavy atom. The molecular weight excluding hydrogens is 412 g/mol. The molecule has 0 saturated carbocycles. The number of nitrogens with zero attached hydrogens (tertiary/aromatic N) is 3. The average Bonchev–Trinajstić information content (AvgIpc) is 2.73. The molecular formula is C19H26N4O4S2. The molecule has 158 valence electrons. The van der Waals surface area contributed by atoms with Crippen molar-refractivity contribution in [3.8, 4) is 0 Å². The van der Waals surface area contributed by atoms with E-state index in [1.165, 1.54) is 35.0 Å². The largest absolute Gasteiger partial charge is 0.366 e. The van der Waals surface area contributed by atoms with Crippen molar-refractivity contribution in [3.63, 3.8) is 0 Å². The Balaban J connectivity index is 1.74. The third-order valence-corrected chi connectivity index (χ3v) is 8.68. The number of hydrogen-bond acceptors (Lipinski definition) is 6. The van der Waals surface area contributed by atoms with Crippen LogP contribution >= 0.6 is 0 Å². The van der Waals surface area contributed by atoms with Crippen LogP contribution in [0.5, 0.6) is 0 Å². The van der Waals surface area contributed by atoms with E-state index in [2.05, 4.69) is 10.3 Å². The fraction of sp³-hybridized carbons (Fsp3) is 0.421. The quantitative estimate of drug-likeness (QED) is 0.711. The Hall–Kier alpha value is -2.01. The van der Waals surface area contributed by atoms with Gasteiger partial charge in [0.25, 0.3) is 0 Å². The highest BCUT2D eigenvalue weighted by atomic mass is 32.2. The second-order valence-corrected chi connectivity index (χ2v) is 11.2. The van der Waals surface area contributed by atoms with Crippen LogP contribution in [0.1, 0.15) is 24.8 Å². The molecule has 29 heavy (non-hydrogen) atoms. The lowest BCUT2D eigenvalue weighted by Crippen LogP contribution is -2.35. The standard InChI is InChI=1S/C19H26N4O4S2/c1-22(2)29(26,27)18-9-5-4-8-16(18)14-20-19-11-10-17(15-21-19)28(24,25)23-12-6-3-7-13-23/h4-5,8-11,15H,3,6-7,12-14H2,1-2H3,(H,20,21). The molecule has 0 atom stereocenters. The maximum Gasteiger partial charge on any atom is 0.244 e. The fourth-order valence-corrected chi connectivity index (χ4v) is 5.75. The predicted molar refractivity (Wildman–Crippen MR) is 111 cm³/mol. The summed E-state index contributed by atoms with van der Waals surface area (Å²) in [5, 5.41) is 3.07. The zero-order valence-corrected chi connectivity index (χ0v) is 18.2. The van der Waals surface area contributed by atoms with Gasteiger partial charge in [0.15, 0.2) is 0 Å². The number of benzene rings is 1. The van der Waals surface area contributed by atoms with Crippen molar-refractivity contribution in [2.75, 3.05) is 32.5 Å². The van der Waals surface area contributed by atoms with Crippen molar-refractivity contribution < 1.29 is 16.8 Å². The molecule has 3 rings (SSSR count). The molecule has 1 aliphatic rings. The van der Waals surface area contributed by atoms with Crippen molar-refractivity contribution in [1.29, 1.82) is 0 Å². The van der Waals surface area contributed by atoms with Gasteiger partial charge in [0, 0.05) is 39.9 Å². The van der Waals surface area contributed by atoms with Crippen LogP contribution in [0.4, 0.5) is 5.82 Å². The summed E-state index contributed by atoms with van der Waals surface area (Å²) in [6.07, 6.45) is 4.15. The second kappa shape index (κ2) is 8.78. The van der Waals surface area contributed by atoms with Crippen LogP contribution in [0.15, 0.2) is 52.4 Å². The van der Waals surface area contributed by atoms with E-state index in [1.807, 2.05) is 0 Å². The van der Waals surface area contributed by atoms with Gasteiger partial charge >= 0.3 is 0 Å². The summed E-state index contributed by atoms with van der Waals surface area (Å²) in [6, 6.07) is 9.88. The Morgan fingerprint density at radius 2 is 1.69 bits per heavy atom. The third kappa shape index (κ3) is 4.77. The summed E-state index contributed by atoms with van der Waals surface area (Å²) < 4.78 is 53.0. The van der Waals surface area contributed by atoms with Gasteiger partial charge in [0.2, 0.25) is 20.0 Å². The van der Waals surface area contributed by atoms with Gasteiger partial charge < -0.3 is 5.32 Å². The molecule has 2 heterocycles. The average molecular weight is 439 g/mol. The molecule has 0 aliphatic carbocycles. The molecule has 1 saturated heterocycles. The van der Waals surface area contributed by atoms with Crippen LogP contribution in [0.2, 0.25) is 0 Å². The molecule has 2 aromatic rings. The number of piperidine rings is 1. The molecule has 0 bridgehead atoms. The minimum atomic E-state index is -3.56. The number of hydrogen-bond donors (Lipinski definition) is 1. The lowest BCUT2D eigenvalue weighted by atomic mass is 10.2. The Labute approximate surface area is 172 Å². The van der Waals surface area contributed by atoms with Crippen LogP contribution in [0.3, 0.4) is 0 Å². The van der Waals surface area contributed by atoms with Crippen molar-refractivity contribution >= 4 is 25.9 Å². The highest BCUT2D eigenvalue weighted by Gasteiger charge is 2.26. The van der Waals surface area contributed by atoms with E-state index in [9.17, 15) is 16.8 Å². The zero-order valence-electron chi connectivity index (χ0n) is 16.6. The number of sulfonamides is 2. The minimum Gasteiger partial charge on any atom is -0.366 e. The molecule has 1 fully saturated rings. The molecule has 8 nitrogen and oxygen atoms in total. The van der Waals surface area contributed by atoms with Crippen molar-refractivity contribution in [2.24, 2.45) is 0 Å². The maximum atomic E-state index is 12.7. The molecule has 0 radical (unpaired) electrons. The minimum absolute atomic E-state index is 0.167. The summed E-state index contributed by atoms with van der Waals surface area (Å²) in [5.41, 5.74) is 0.605. The molecule has 0 spiro atoms. The van der Waals surface area contributed by atoms with Gasteiger partial charge in [-0.15, -0.1) is 0 Å². The summed E-state index contributed by atoms with van der Waals surface area (Å²) in [6.45, 7) is 1.33. The first-order valence-corrected chi connectivity index (χ1v) is 12.3. The third-order valence-electron chi connectivity index (χ3n) is 4.88. The highest BCUT2D eigenvalue weighted by Crippen LogP contribution is 2.22. The number of aromatic nitrogens is 1. The topological polar surface area (TPSA) is 99.7 Å². The second-order valence-electron chi connectivity index (χ2n) is 7.09. The Morgan fingerprint density at radius 3 is 2.31 bits per heavy atom. The molecule has 1 N–H and O–H groups in total. The molecule has 10 heteroatoms. The molecule has 0 amide bonds. The van der Waals surface area contributed by atoms with Gasteiger partial charge in [0.05, 0.1) is 4.90 Å². The van der Waals surface area contributed by atoms with Crippen LogP contribution < -0.4 is 5.32 Å². The fourth-order valence-electron chi connectivity index (χ4n) is 3.18. The normalized spacial score (nSPS) is 16.1.